The van der Waals surface area contributed by atoms with Crippen LogP contribution >= 0.6 is 0 Å². The van der Waals surface area contributed by atoms with E-state index < -0.39 is 18.5 Å². The Morgan fingerprint density at radius 3 is 2.50 bits per heavy atom. The van der Waals surface area contributed by atoms with Gasteiger partial charge >= 0.3 is 5.97 Å². The molecule has 1 aliphatic carbocycles. The maximum absolute atomic E-state index is 12.9. The van der Waals surface area contributed by atoms with Crippen LogP contribution < -0.4 is 10.2 Å². The zero-order valence-corrected chi connectivity index (χ0v) is 18.2. The van der Waals surface area contributed by atoms with Crippen molar-refractivity contribution in [3.63, 3.8) is 0 Å². The highest BCUT2D eigenvalue weighted by molar-refractivity contribution is 6.22. The summed E-state index contributed by atoms with van der Waals surface area (Å²) in [5.74, 6) is -1.70. The van der Waals surface area contributed by atoms with Crippen molar-refractivity contribution in [2.24, 2.45) is 17.8 Å². The second-order valence-corrected chi connectivity index (χ2v) is 8.68. The summed E-state index contributed by atoms with van der Waals surface area (Å²) in [6.45, 7) is 3.60. The first-order valence-electron chi connectivity index (χ1n) is 10.8. The van der Waals surface area contributed by atoms with Gasteiger partial charge in [0.15, 0.2) is 6.61 Å². The van der Waals surface area contributed by atoms with Crippen LogP contribution in [0.4, 0.5) is 11.4 Å². The molecule has 0 radical (unpaired) electrons. The number of fused-ring (bicyclic) bond motifs is 1. The van der Waals surface area contributed by atoms with E-state index in [1.54, 1.807) is 24.3 Å². The van der Waals surface area contributed by atoms with Crippen LogP contribution in [0, 0.1) is 24.7 Å². The quantitative estimate of drug-likeness (QED) is 0.572. The Balaban J connectivity index is 1.41. The normalized spacial score (nSPS) is 22.4. The fourth-order valence-corrected chi connectivity index (χ4v) is 4.46. The van der Waals surface area contributed by atoms with E-state index in [9.17, 15) is 19.2 Å². The van der Waals surface area contributed by atoms with E-state index in [-0.39, 0.29) is 29.2 Å². The van der Waals surface area contributed by atoms with Crippen molar-refractivity contribution in [1.82, 2.24) is 0 Å². The molecule has 2 aromatic carbocycles. The molecule has 32 heavy (non-hydrogen) atoms. The molecule has 0 aromatic heterocycles. The van der Waals surface area contributed by atoms with E-state index >= 15 is 0 Å². The minimum Gasteiger partial charge on any atom is -0.452 e. The van der Waals surface area contributed by atoms with Gasteiger partial charge in [-0.05, 0) is 62.4 Å². The minimum atomic E-state index is -0.698. The Morgan fingerprint density at radius 2 is 1.75 bits per heavy atom. The number of ether oxygens (including phenoxy) is 1. The summed E-state index contributed by atoms with van der Waals surface area (Å²) in [6.07, 6.45) is 2.36. The fraction of sp³-hybridized carbons (Fsp3) is 0.360. The molecular formula is C25H26N2O5. The average molecular weight is 434 g/mol. The average Bonchev–Trinajstić information content (AvgIpc) is 3.03. The van der Waals surface area contributed by atoms with E-state index in [2.05, 4.69) is 12.2 Å². The van der Waals surface area contributed by atoms with Crippen LogP contribution in [0.3, 0.4) is 0 Å². The summed E-state index contributed by atoms with van der Waals surface area (Å²) in [4.78, 5) is 51.6. The Hall–Kier alpha value is -3.48. The van der Waals surface area contributed by atoms with Gasteiger partial charge in [-0.2, -0.15) is 0 Å². The molecule has 166 valence electrons. The van der Waals surface area contributed by atoms with Crippen LogP contribution in [0.2, 0.25) is 0 Å². The van der Waals surface area contributed by atoms with Gasteiger partial charge in [0.05, 0.1) is 23.1 Å². The van der Waals surface area contributed by atoms with Gasteiger partial charge in [0.2, 0.25) is 11.8 Å². The van der Waals surface area contributed by atoms with E-state index in [1.807, 2.05) is 19.1 Å². The summed E-state index contributed by atoms with van der Waals surface area (Å²) in [6, 6.07) is 13.5. The largest absolute Gasteiger partial charge is 0.452 e. The van der Waals surface area contributed by atoms with Gasteiger partial charge in [-0.15, -0.1) is 0 Å². The van der Waals surface area contributed by atoms with Crippen molar-refractivity contribution in [3.8, 4) is 0 Å². The Labute approximate surface area is 186 Å². The van der Waals surface area contributed by atoms with Gasteiger partial charge in [0, 0.05) is 5.69 Å². The molecule has 3 amide bonds. The number of carbonyl (C=O) groups is 4. The molecule has 0 spiro atoms. The monoisotopic (exact) mass is 434 g/mol. The molecule has 3 atom stereocenters. The van der Waals surface area contributed by atoms with Crippen LogP contribution in [0.15, 0.2) is 48.5 Å². The maximum Gasteiger partial charge on any atom is 0.338 e. The van der Waals surface area contributed by atoms with Gasteiger partial charge in [-0.3, -0.25) is 19.3 Å². The third-order valence-corrected chi connectivity index (χ3v) is 6.20. The minimum absolute atomic E-state index is 0.175. The number of nitrogens with zero attached hydrogens (tertiary/aromatic N) is 1. The number of anilines is 2. The smallest absolute Gasteiger partial charge is 0.338 e. The molecule has 7 nitrogen and oxygen atoms in total. The summed E-state index contributed by atoms with van der Waals surface area (Å²) in [7, 11) is 0. The number of esters is 1. The molecule has 0 bridgehead atoms. The highest BCUT2D eigenvalue weighted by atomic mass is 16.5. The zero-order chi connectivity index (χ0) is 22.8. The summed E-state index contributed by atoms with van der Waals surface area (Å²) >= 11 is 0. The van der Waals surface area contributed by atoms with Crippen LogP contribution in [0.1, 0.15) is 42.1 Å². The van der Waals surface area contributed by atoms with Gasteiger partial charge in [0.1, 0.15) is 0 Å². The first kappa shape index (κ1) is 21.7. The number of benzene rings is 2. The van der Waals surface area contributed by atoms with Crippen molar-refractivity contribution in [2.45, 2.75) is 33.1 Å². The van der Waals surface area contributed by atoms with Gasteiger partial charge in [-0.1, -0.05) is 30.7 Å². The Morgan fingerprint density at radius 1 is 1.03 bits per heavy atom. The van der Waals surface area contributed by atoms with Crippen LogP contribution in [-0.2, 0) is 19.1 Å². The predicted octanol–water partition coefficient (Wildman–Crippen LogP) is 3.72. The van der Waals surface area contributed by atoms with Crippen LogP contribution in [-0.4, -0.2) is 30.3 Å². The number of nitrogens with one attached hydrogen (secondary N) is 1. The lowest BCUT2D eigenvalue weighted by molar-refractivity contribution is -0.122. The Bertz CT molecular complexity index is 1060. The molecule has 1 saturated carbocycles. The molecule has 2 aliphatic rings. The van der Waals surface area contributed by atoms with Crippen molar-refractivity contribution in [3.05, 3.63) is 59.7 Å². The second-order valence-electron chi connectivity index (χ2n) is 8.68. The first-order chi connectivity index (χ1) is 15.3. The molecule has 0 unspecified atom stereocenters. The fourth-order valence-electron chi connectivity index (χ4n) is 4.46. The molecule has 4 rings (SSSR count). The van der Waals surface area contributed by atoms with Crippen molar-refractivity contribution in [1.29, 1.82) is 0 Å². The van der Waals surface area contributed by atoms with Crippen LogP contribution in [0.25, 0.3) is 0 Å². The summed E-state index contributed by atoms with van der Waals surface area (Å²) in [5, 5.41) is 2.66. The topological polar surface area (TPSA) is 92.8 Å². The second kappa shape index (κ2) is 8.94. The molecule has 1 aliphatic heterocycles. The maximum atomic E-state index is 12.9. The molecule has 1 saturated heterocycles. The van der Waals surface area contributed by atoms with Gasteiger partial charge < -0.3 is 10.1 Å². The molecule has 7 heteroatoms. The van der Waals surface area contributed by atoms with E-state index in [0.29, 0.717) is 30.1 Å². The van der Waals surface area contributed by atoms with E-state index in [0.717, 1.165) is 12.0 Å². The lowest BCUT2D eigenvalue weighted by Gasteiger charge is -2.25. The number of hydrogen-bond acceptors (Lipinski definition) is 5. The van der Waals surface area contributed by atoms with Crippen LogP contribution in [0.5, 0.6) is 0 Å². The number of rotatable bonds is 5. The molecule has 2 fully saturated rings. The number of amides is 3. The lowest BCUT2D eigenvalue weighted by atomic mass is 9.76. The highest BCUT2D eigenvalue weighted by Crippen LogP contribution is 2.42. The zero-order valence-electron chi connectivity index (χ0n) is 18.2. The number of hydrogen-bond donors (Lipinski definition) is 1. The molecule has 2 aromatic rings. The molecule has 1 heterocycles. The third kappa shape index (κ3) is 4.42. The Kier molecular flexibility index (Phi) is 6.08. The molecule has 1 N–H and O–H groups in total. The summed E-state index contributed by atoms with van der Waals surface area (Å²) < 4.78 is 5.13. The number of imide groups is 1. The van der Waals surface area contributed by atoms with Crippen molar-refractivity contribution >= 4 is 35.1 Å². The first-order valence-corrected chi connectivity index (χ1v) is 10.8. The van der Waals surface area contributed by atoms with E-state index in [4.69, 9.17) is 4.74 Å². The lowest BCUT2D eigenvalue weighted by Crippen LogP contribution is -2.31. The van der Waals surface area contributed by atoms with E-state index in [1.165, 1.54) is 17.0 Å². The summed E-state index contributed by atoms with van der Waals surface area (Å²) in [5.41, 5.74) is 2.22. The predicted molar refractivity (Wildman–Crippen MR) is 119 cm³/mol. The van der Waals surface area contributed by atoms with Crippen molar-refractivity contribution < 1.29 is 23.9 Å². The van der Waals surface area contributed by atoms with Gasteiger partial charge in [-0.25, -0.2) is 4.79 Å². The van der Waals surface area contributed by atoms with Crippen molar-refractivity contribution in [2.75, 3.05) is 16.8 Å². The number of carbonyl (C=O) groups excluding carboxylic acids is 4. The standard InChI is InChI=1S/C25H26N2O5/c1-15-6-9-18(10-7-15)26-22(28)14-32-25(31)17-4-3-5-19(13-17)27-23(29)20-11-8-16(2)12-21(20)24(27)30/h3-7,9-10,13,16,20-21H,8,11-12,14H2,1-2H3,(H,26,28)/t16-,20-,21-/m1/s1. The number of aryl methyl sites for hydroxylation is 1. The molecular weight excluding hydrogens is 408 g/mol. The highest BCUT2D eigenvalue weighted by Gasteiger charge is 2.50. The third-order valence-electron chi connectivity index (χ3n) is 6.20. The van der Waals surface area contributed by atoms with Gasteiger partial charge in [0.25, 0.3) is 5.91 Å². The SMILES string of the molecule is Cc1ccc(NC(=O)COC(=O)c2cccc(N3C(=O)[C@@H]4CC[C@@H](C)C[C@H]4C3=O)c2)cc1.